The van der Waals surface area contributed by atoms with Crippen molar-refractivity contribution in [1.82, 2.24) is 0 Å². The minimum absolute atomic E-state index is 0.214. The summed E-state index contributed by atoms with van der Waals surface area (Å²) in [5, 5.41) is 20.5. The van der Waals surface area contributed by atoms with Gasteiger partial charge in [-0.25, -0.2) is 9.59 Å². The van der Waals surface area contributed by atoms with Crippen LogP contribution in [0.15, 0.2) is 48.5 Å². The smallest absolute Gasteiger partial charge is 0.336 e. The third-order valence-electron chi connectivity index (χ3n) is 2.77. The van der Waals surface area contributed by atoms with E-state index in [0.29, 0.717) is 5.56 Å². The maximum absolute atomic E-state index is 11.9. The van der Waals surface area contributed by atoms with E-state index in [0.717, 1.165) is 12.1 Å². The van der Waals surface area contributed by atoms with Crippen LogP contribution in [0, 0.1) is 0 Å². The van der Waals surface area contributed by atoms with Gasteiger partial charge in [0.15, 0.2) is 0 Å². The summed E-state index contributed by atoms with van der Waals surface area (Å²) in [6.07, 6.45) is 0. The number of benzene rings is 2. The van der Waals surface area contributed by atoms with E-state index in [9.17, 15) is 14.4 Å². The van der Waals surface area contributed by atoms with Crippen molar-refractivity contribution in [2.75, 3.05) is 5.32 Å². The summed E-state index contributed by atoms with van der Waals surface area (Å²) in [5.74, 6) is -3.12. The lowest BCUT2D eigenvalue weighted by atomic mass is 10.1. The summed E-state index contributed by atoms with van der Waals surface area (Å²) >= 11 is 0. The van der Waals surface area contributed by atoms with Gasteiger partial charge < -0.3 is 15.5 Å². The first-order chi connectivity index (χ1) is 9.99. The van der Waals surface area contributed by atoms with Crippen molar-refractivity contribution in [3.63, 3.8) is 0 Å². The topological polar surface area (TPSA) is 104 Å². The van der Waals surface area contributed by atoms with Crippen LogP contribution in [0.2, 0.25) is 0 Å². The van der Waals surface area contributed by atoms with Gasteiger partial charge in [0.25, 0.3) is 5.91 Å². The Morgan fingerprint density at radius 3 is 2.00 bits per heavy atom. The lowest BCUT2D eigenvalue weighted by molar-refractivity contribution is 0.0651. The van der Waals surface area contributed by atoms with E-state index < -0.39 is 17.8 Å². The second kappa shape index (κ2) is 5.87. The lowest BCUT2D eigenvalue weighted by Crippen LogP contribution is -2.14. The molecule has 0 fully saturated rings. The van der Waals surface area contributed by atoms with E-state index in [4.69, 9.17) is 10.2 Å². The van der Waals surface area contributed by atoms with E-state index in [1.54, 1.807) is 30.3 Å². The fraction of sp³-hybridized carbons (Fsp3) is 0. The number of anilines is 1. The van der Waals surface area contributed by atoms with Crippen LogP contribution in [0.4, 0.5) is 5.69 Å². The van der Waals surface area contributed by atoms with Gasteiger partial charge in [0.2, 0.25) is 0 Å². The standard InChI is InChI=1S/C15H11NO5/c17-13(9-4-2-1-3-5-9)16-10-6-7-11(14(18)19)12(8-10)15(20)21/h1-8H,(H,16,17)(H,18,19)(H,20,21). The molecule has 0 bridgehead atoms. The molecule has 0 spiro atoms. The Morgan fingerprint density at radius 2 is 1.43 bits per heavy atom. The van der Waals surface area contributed by atoms with Crippen LogP contribution in [-0.4, -0.2) is 28.1 Å². The van der Waals surface area contributed by atoms with Crippen LogP contribution < -0.4 is 5.32 Å². The highest BCUT2D eigenvalue weighted by atomic mass is 16.4. The molecule has 2 aromatic carbocycles. The monoisotopic (exact) mass is 285 g/mol. The molecule has 0 saturated heterocycles. The molecule has 2 aromatic rings. The molecule has 0 aliphatic carbocycles. The van der Waals surface area contributed by atoms with Gasteiger partial charge in [-0.15, -0.1) is 0 Å². The number of carbonyl (C=O) groups excluding carboxylic acids is 1. The summed E-state index contributed by atoms with van der Waals surface area (Å²) < 4.78 is 0. The summed E-state index contributed by atoms with van der Waals surface area (Å²) in [7, 11) is 0. The molecule has 0 aromatic heterocycles. The highest BCUT2D eigenvalue weighted by Gasteiger charge is 2.17. The Bertz CT molecular complexity index is 709. The maximum Gasteiger partial charge on any atom is 0.336 e. The zero-order valence-corrected chi connectivity index (χ0v) is 10.7. The highest BCUT2D eigenvalue weighted by molar-refractivity contribution is 6.06. The zero-order valence-electron chi connectivity index (χ0n) is 10.7. The number of hydrogen-bond acceptors (Lipinski definition) is 3. The average molecular weight is 285 g/mol. The van der Waals surface area contributed by atoms with Gasteiger partial charge in [-0.3, -0.25) is 4.79 Å². The Kier molecular flexibility index (Phi) is 3.99. The van der Waals surface area contributed by atoms with Crippen LogP contribution in [-0.2, 0) is 0 Å². The fourth-order valence-corrected chi connectivity index (χ4v) is 1.78. The fourth-order valence-electron chi connectivity index (χ4n) is 1.78. The molecule has 106 valence electrons. The molecule has 0 aliphatic heterocycles. The second-order valence-corrected chi connectivity index (χ2v) is 4.19. The largest absolute Gasteiger partial charge is 0.478 e. The Balaban J connectivity index is 2.30. The van der Waals surface area contributed by atoms with Gasteiger partial charge in [-0.05, 0) is 30.3 Å². The summed E-state index contributed by atoms with van der Waals surface area (Å²) in [4.78, 5) is 33.9. The van der Waals surface area contributed by atoms with Gasteiger partial charge >= 0.3 is 11.9 Å². The number of carbonyl (C=O) groups is 3. The first-order valence-electron chi connectivity index (χ1n) is 5.96. The Morgan fingerprint density at radius 1 is 0.810 bits per heavy atom. The molecule has 0 heterocycles. The molecule has 0 saturated carbocycles. The molecule has 6 nitrogen and oxygen atoms in total. The molecule has 6 heteroatoms. The average Bonchev–Trinajstić information content (AvgIpc) is 2.47. The highest BCUT2D eigenvalue weighted by Crippen LogP contribution is 2.17. The number of nitrogens with one attached hydrogen (secondary N) is 1. The van der Waals surface area contributed by atoms with Gasteiger partial charge in [-0.2, -0.15) is 0 Å². The van der Waals surface area contributed by atoms with E-state index in [1.165, 1.54) is 6.07 Å². The molecular weight excluding hydrogens is 274 g/mol. The molecular formula is C15H11NO5. The van der Waals surface area contributed by atoms with Crippen molar-refractivity contribution < 1.29 is 24.6 Å². The van der Waals surface area contributed by atoms with Crippen LogP contribution in [0.25, 0.3) is 0 Å². The lowest BCUT2D eigenvalue weighted by Gasteiger charge is -2.08. The number of aromatic carboxylic acids is 2. The number of rotatable bonds is 4. The van der Waals surface area contributed by atoms with Gasteiger partial charge in [-0.1, -0.05) is 18.2 Å². The first-order valence-corrected chi connectivity index (χ1v) is 5.96. The molecule has 3 N–H and O–H groups in total. The van der Waals surface area contributed by atoms with E-state index >= 15 is 0 Å². The minimum Gasteiger partial charge on any atom is -0.478 e. The number of amides is 1. The molecule has 0 radical (unpaired) electrons. The van der Waals surface area contributed by atoms with E-state index in [1.807, 2.05) is 0 Å². The van der Waals surface area contributed by atoms with E-state index in [2.05, 4.69) is 5.32 Å². The van der Waals surface area contributed by atoms with Crippen LogP contribution >= 0.6 is 0 Å². The number of carboxylic acid groups (broad SMARTS) is 2. The first kappa shape index (κ1) is 14.3. The van der Waals surface area contributed by atoms with Gasteiger partial charge in [0.05, 0.1) is 11.1 Å². The molecule has 0 unspecified atom stereocenters. The quantitative estimate of drug-likeness (QED) is 0.799. The third-order valence-corrected chi connectivity index (χ3v) is 2.77. The number of hydrogen-bond donors (Lipinski definition) is 3. The van der Waals surface area contributed by atoms with Crippen LogP contribution in [0.5, 0.6) is 0 Å². The minimum atomic E-state index is -1.37. The van der Waals surface area contributed by atoms with Crippen molar-refractivity contribution in [2.24, 2.45) is 0 Å². The molecule has 0 aliphatic rings. The summed E-state index contributed by atoms with van der Waals surface area (Å²) in [6.45, 7) is 0. The van der Waals surface area contributed by atoms with Crippen LogP contribution in [0.3, 0.4) is 0 Å². The van der Waals surface area contributed by atoms with E-state index in [-0.39, 0.29) is 16.8 Å². The Labute approximate surface area is 119 Å². The predicted octanol–water partition coefficient (Wildman–Crippen LogP) is 2.34. The molecule has 1 amide bonds. The summed E-state index contributed by atoms with van der Waals surface area (Å²) in [5.41, 5.74) is -0.0866. The molecule has 21 heavy (non-hydrogen) atoms. The van der Waals surface area contributed by atoms with Crippen molar-refractivity contribution in [1.29, 1.82) is 0 Å². The molecule has 0 atom stereocenters. The van der Waals surface area contributed by atoms with Crippen molar-refractivity contribution in [3.05, 3.63) is 65.2 Å². The number of carboxylic acids is 2. The van der Waals surface area contributed by atoms with Crippen LogP contribution in [0.1, 0.15) is 31.1 Å². The third kappa shape index (κ3) is 3.24. The summed E-state index contributed by atoms with van der Waals surface area (Å²) in [6, 6.07) is 12.0. The van der Waals surface area contributed by atoms with Gasteiger partial charge in [0, 0.05) is 11.3 Å². The second-order valence-electron chi connectivity index (χ2n) is 4.19. The van der Waals surface area contributed by atoms with Gasteiger partial charge in [0.1, 0.15) is 0 Å². The SMILES string of the molecule is O=C(Nc1ccc(C(=O)O)c(C(=O)O)c1)c1ccccc1. The Hall–Kier alpha value is -3.15. The normalized spacial score (nSPS) is 9.90. The predicted molar refractivity (Wildman–Crippen MR) is 74.8 cm³/mol. The molecule has 2 rings (SSSR count). The van der Waals surface area contributed by atoms with Crippen molar-refractivity contribution in [2.45, 2.75) is 0 Å². The maximum atomic E-state index is 11.9. The van der Waals surface area contributed by atoms with Crippen molar-refractivity contribution in [3.8, 4) is 0 Å². The van der Waals surface area contributed by atoms with Crippen molar-refractivity contribution >= 4 is 23.5 Å². The zero-order chi connectivity index (χ0) is 15.4.